The van der Waals surface area contributed by atoms with Crippen LogP contribution >= 0.6 is 0 Å². The summed E-state index contributed by atoms with van der Waals surface area (Å²) in [5.74, 6) is 0.853. The number of aryl methyl sites for hydroxylation is 2. The number of nitrogens with zero attached hydrogens (tertiary/aromatic N) is 3. The van der Waals surface area contributed by atoms with Gasteiger partial charge in [-0.2, -0.15) is 0 Å². The Balaban J connectivity index is 2.58. The molecule has 1 heterocycles. The minimum atomic E-state index is -0.357. The Labute approximate surface area is 105 Å². The van der Waals surface area contributed by atoms with E-state index in [1.54, 1.807) is 29.1 Å². The smallest absolute Gasteiger partial charge is 0.293 e. The zero-order valence-electron chi connectivity index (χ0n) is 10.5. The van der Waals surface area contributed by atoms with Gasteiger partial charge in [-0.05, 0) is 25.0 Å². The first-order chi connectivity index (χ1) is 8.63. The van der Waals surface area contributed by atoms with E-state index < -0.39 is 0 Å². The summed E-state index contributed by atoms with van der Waals surface area (Å²) >= 11 is 0. The van der Waals surface area contributed by atoms with E-state index in [9.17, 15) is 10.1 Å². The average molecular weight is 245 g/mol. The standard InChI is InChI=1S/C13H15N3O2/c1-3-4-13-14-7-8-15(13)12-9-10(2)5-6-11(12)16(17)18/h5-9H,3-4H2,1-2H3. The normalized spacial score (nSPS) is 10.6. The zero-order chi connectivity index (χ0) is 13.1. The van der Waals surface area contributed by atoms with Crippen LogP contribution in [0.2, 0.25) is 0 Å². The molecule has 0 atom stereocenters. The number of benzene rings is 1. The molecule has 2 aromatic rings. The molecule has 18 heavy (non-hydrogen) atoms. The SMILES string of the molecule is CCCc1nccn1-c1cc(C)ccc1[N+](=O)[O-]. The van der Waals surface area contributed by atoms with E-state index >= 15 is 0 Å². The minimum absolute atomic E-state index is 0.107. The summed E-state index contributed by atoms with van der Waals surface area (Å²) in [6.07, 6.45) is 5.21. The van der Waals surface area contributed by atoms with Crippen molar-refractivity contribution in [1.82, 2.24) is 9.55 Å². The third-order valence-corrected chi connectivity index (χ3v) is 2.78. The molecule has 0 saturated heterocycles. The van der Waals surface area contributed by atoms with E-state index in [0.29, 0.717) is 5.69 Å². The van der Waals surface area contributed by atoms with Crippen LogP contribution in [0.5, 0.6) is 0 Å². The molecule has 0 N–H and O–H groups in total. The highest BCUT2D eigenvalue weighted by molar-refractivity contribution is 5.54. The van der Waals surface area contributed by atoms with E-state index in [-0.39, 0.29) is 10.6 Å². The largest absolute Gasteiger partial charge is 0.298 e. The van der Waals surface area contributed by atoms with E-state index in [0.717, 1.165) is 24.2 Å². The van der Waals surface area contributed by atoms with Gasteiger partial charge in [-0.15, -0.1) is 0 Å². The highest BCUT2D eigenvalue weighted by atomic mass is 16.6. The molecule has 0 bridgehead atoms. The first-order valence-corrected chi connectivity index (χ1v) is 5.91. The maximum Gasteiger partial charge on any atom is 0.293 e. The molecule has 0 unspecified atom stereocenters. The van der Waals surface area contributed by atoms with Crippen molar-refractivity contribution in [3.63, 3.8) is 0 Å². The average Bonchev–Trinajstić information content (AvgIpc) is 2.77. The van der Waals surface area contributed by atoms with Crippen molar-refractivity contribution in [2.45, 2.75) is 26.7 Å². The summed E-state index contributed by atoms with van der Waals surface area (Å²) in [6, 6.07) is 5.11. The van der Waals surface area contributed by atoms with Crippen LogP contribution in [0.1, 0.15) is 24.7 Å². The van der Waals surface area contributed by atoms with Crippen molar-refractivity contribution in [3.05, 3.63) is 52.1 Å². The fourth-order valence-electron chi connectivity index (χ4n) is 1.94. The van der Waals surface area contributed by atoms with Gasteiger partial charge in [0.05, 0.1) is 4.92 Å². The van der Waals surface area contributed by atoms with Crippen molar-refractivity contribution in [1.29, 1.82) is 0 Å². The fourth-order valence-corrected chi connectivity index (χ4v) is 1.94. The van der Waals surface area contributed by atoms with Crippen molar-refractivity contribution >= 4 is 5.69 Å². The molecule has 0 radical (unpaired) electrons. The molecule has 0 aliphatic carbocycles. The molecular formula is C13H15N3O2. The number of hydrogen-bond donors (Lipinski definition) is 0. The van der Waals surface area contributed by atoms with Gasteiger partial charge in [0.15, 0.2) is 0 Å². The molecule has 5 heteroatoms. The lowest BCUT2D eigenvalue weighted by Crippen LogP contribution is -2.04. The second-order valence-electron chi connectivity index (χ2n) is 4.21. The van der Waals surface area contributed by atoms with Gasteiger partial charge < -0.3 is 0 Å². The summed E-state index contributed by atoms with van der Waals surface area (Å²) in [4.78, 5) is 15.0. The van der Waals surface area contributed by atoms with E-state index in [1.165, 1.54) is 0 Å². The number of imidazole rings is 1. The molecule has 0 saturated carbocycles. The Bertz CT molecular complexity index is 575. The highest BCUT2D eigenvalue weighted by Crippen LogP contribution is 2.25. The molecule has 0 fully saturated rings. The molecule has 0 aliphatic heterocycles. The van der Waals surface area contributed by atoms with Gasteiger partial charge in [0.2, 0.25) is 0 Å². The molecule has 0 amide bonds. The fraction of sp³-hybridized carbons (Fsp3) is 0.308. The van der Waals surface area contributed by atoms with Crippen LogP contribution in [0, 0.1) is 17.0 Å². The van der Waals surface area contributed by atoms with Crippen molar-refractivity contribution < 1.29 is 4.92 Å². The topological polar surface area (TPSA) is 61.0 Å². The van der Waals surface area contributed by atoms with E-state index in [4.69, 9.17) is 0 Å². The predicted octanol–water partition coefficient (Wildman–Crippen LogP) is 3.04. The van der Waals surface area contributed by atoms with Crippen LogP contribution < -0.4 is 0 Å². The Kier molecular flexibility index (Phi) is 3.41. The first-order valence-electron chi connectivity index (χ1n) is 5.91. The number of hydrogen-bond acceptors (Lipinski definition) is 3. The molecule has 0 aliphatic rings. The molecule has 5 nitrogen and oxygen atoms in total. The van der Waals surface area contributed by atoms with Crippen molar-refractivity contribution in [2.24, 2.45) is 0 Å². The first kappa shape index (κ1) is 12.3. The number of aromatic nitrogens is 2. The van der Waals surface area contributed by atoms with Gasteiger partial charge in [-0.1, -0.05) is 13.0 Å². The van der Waals surface area contributed by atoms with E-state index in [1.807, 2.05) is 13.0 Å². The maximum absolute atomic E-state index is 11.1. The Morgan fingerprint density at radius 2 is 2.22 bits per heavy atom. The summed E-state index contributed by atoms with van der Waals surface area (Å²) < 4.78 is 1.80. The summed E-state index contributed by atoms with van der Waals surface area (Å²) in [5, 5.41) is 11.1. The maximum atomic E-state index is 11.1. The second kappa shape index (κ2) is 5.00. The number of nitro benzene ring substituents is 1. The van der Waals surface area contributed by atoms with Gasteiger partial charge in [-0.3, -0.25) is 14.7 Å². The van der Waals surface area contributed by atoms with Gasteiger partial charge in [0, 0.05) is 24.9 Å². The molecule has 1 aromatic carbocycles. The Hall–Kier alpha value is -2.17. The van der Waals surface area contributed by atoms with Gasteiger partial charge in [-0.25, -0.2) is 4.98 Å². The third kappa shape index (κ3) is 2.25. The summed E-state index contributed by atoms with van der Waals surface area (Å²) in [6.45, 7) is 3.98. The van der Waals surface area contributed by atoms with Crippen molar-refractivity contribution in [3.8, 4) is 5.69 Å². The molecule has 94 valence electrons. The molecular weight excluding hydrogens is 230 g/mol. The minimum Gasteiger partial charge on any atom is -0.298 e. The monoisotopic (exact) mass is 245 g/mol. The Morgan fingerprint density at radius 1 is 1.44 bits per heavy atom. The van der Waals surface area contributed by atoms with Crippen LogP contribution in [0.25, 0.3) is 5.69 Å². The summed E-state index contributed by atoms with van der Waals surface area (Å²) in [7, 11) is 0. The van der Waals surface area contributed by atoms with Crippen molar-refractivity contribution in [2.75, 3.05) is 0 Å². The molecule has 2 rings (SSSR count). The van der Waals surface area contributed by atoms with Crippen LogP contribution in [0.3, 0.4) is 0 Å². The predicted molar refractivity (Wildman–Crippen MR) is 69.0 cm³/mol. The Morgan fingerprint density at radius 3 is 2.89 bits per heavy atom. The van der Waals surface area contributed by atoms with Crippen LogP contribution in [-0.2, 0) is 6.42 Å². The van der Waals surface area contributed by atoms with Crippen LogP contribution in [0.4, 0.5) is 5.69 Å². The number of rotatable bonds is 4. The van der Waals surface area contributed by atoms with Crippen LogP contribution in [-0.4, -0.2) is 14.5 Å². The zero-order valence-corrected chi connectivity index (χ0v) is 10.5. The van der Waals surface area contributed by atoms with E-state index in [2.05, 4.69) is 11.9 Å². The highest BCUT2D eigenvalue weighted by Gasteiger charge is 2.17. The van der Waals surface area contributed by atoms with Crippen LogP contribution in [0.15, 0.2) is 30.6 Å². The van der Waals surface area contributed by atoms with Gasteiger partial charge in [0.25, 0.3) is 5.69 Å². The second-order valence-corrected chi connectivity index (χ2v) is 4.21. The lowest BCUT2D eigenvalue weighted by Gasteiger charge is -2.08. The van der Waals surface area contributed by atoms with Gasteiger partial charge in [0.1, 0.15) is 11.5 Å². The summed E-state index contributed by atoms with van der Waals surface area (Å²) in [5.41, 5.74) is 1.68. The molecule has 0 spiro atoms. The quantitative estimate of drug-likeness (QED) is 0.614. The molecule has 1 aromatic heterocycles. The van der Waals surface area contributed by atoms with Gasteiger partial charge >= 0.3 is 0 Å². The lowest BCUT2D eigenvalue weighted by molar-refractivity contribution is -0.384. The lowest BCUT2D eigenvalue weighted by atomic mass is 10.2. The third-order valence-electron chi connectivity index (χ3n) is 2.78. The number of nitro groups is 1.